The van der Waals surface area contributed by atoms with Crippen LogP contribution in [-0.2, 0) is 0 Å². The maximum atomic E-state index is 13.7. The Morgan fingerprint density at radius 2 is 1.70 bits per heavy atom. The molecule has 3 aromatic rings. The second-order valence-corrected chi connectivity index (χ2v) is 6.11. The van der Waals surface area contributed by atoms with E-state index in [-0.39, 0.29) is 22.9 Å². The van der Waals surface area contributed by atoms with E-state index in [2.05, 4.69) is 15.0 Å². The van der Waals surface area contributed by atoms with Gasteiger partial charge in [-0.25, -0.2) is 9.37 Å². The van der Waals surface area contributed by atoms with Crippen molar-refractivity contribution in [1.29, 1.82) is 0 Å². The van der Waals surface area contributed by atoms with E-state index in [0.717, 1.165) is 18.2 Å². The van der Waals surface area contributed by atoms with Gasteiger partial charge in [0.25, 0.3) is 5.91 Å². The lowest BCUT2D eigenvalue weighted by Crippen LogP contribution is -2.17. The number of ether oxygens (including phenoxy) is 2. The zero-order valence-electron chi connectivity index (χ0n) is 15.5. The minimum atomic E-state index is -5.00. The summed E-state index contributed by atoms with van der Waals surface area (Å²) in [4.78, 5) is 16.3. The summed E-state index contributed by atoms with van der Waals surface area (Å²) in [5.41, 5.74) is 7.09. The standard InChI is InChI=1S/C20H15F4N3O3/c1-11-2-8-15(18(25)26-11)19(28)27-12-3-5-13(6-4-12)29-14-7-9-17(16(21)10-14)30-20(22,23)24/h2-10H,1H3,(H2,25,26)(H,27,28). The predicted molar refractivity (Wildman–Crippen MR) is 101 cm³/mol. The molecule has 1 aromatic heterocycles. The molecule has 0 fully saturated rings. The number of aryl methyl sites for hydroxylation is 1. The summed E-state index contributed by atoms with van der Waals surface area (Å²) in [5, 5.41) is 2.65. The second kappa shape index (κ2) is 8.27. The molecule has 1 heterocycles. The van der Waals surface area contributed by atoms with E-state index in [1.54, 1.807) is 19.1 Å². The van der Waals surface area contributed by atoms with Crippen LogP contribution in [0.25, 0.3) is 0 Å². The Balaban J connectivity index is 1.66. The average Bonchev–Trinajstić information content (AvgIpc) is 2.64. The molecule has 0 unspecified atom stereocenters. The SMILES string of the molecule is Cc1ccc(C(=O)Nc2ccc(Oc3ccc(OC(F)(F)F)c(F)c3)cc2)c(N)n1. The zero-order chi connectivity index (χ0) is 21.9. The van der Waals surface area contributed by atoms with Gasteiger partial charge in [-0.3, -0.25) is 4.79 Å². The summed E-state index contributed by atoms with van der Waals surface area (Å²) in [6, 6.07) is 12.0. The van der Waals surface area contributed by atoms with Crippen LogP contribution >= 0.6 is 0 Å². The molecule has 0 aliphatic rings. The Bertz CT molecular complexity index is 1070. The van der Waals surface area contributed by atoms with Crippen molar-refractivity contribution in [2.24, 2.45) is 0 Å². The molecule has 3 N–H and O–H groups in total. The van der Waals surface area contributed by atoms with Gasteiger partial charge in [0, 0.05) is 17.4 Å². The molecule has 0 spiro atoms. The van der Waals surface area contributed by atoms with E-state index in [1.165, 1.54) is 24.3 Å². The maximum Gasteiger partial charge on any atom is 0.573 e. The van der Waals surface area contributed by atoms with E-state index in [4.69, 9.17) is 10.5 Å². The van der Waals surface area contributed by atoms with E-state index >= 15 is 0 Å². The monoisotopic (exact) mass is 421 g/mol. The number of rotatable bonds is 5. The number of nitrogens with one attached hydrogen (secondary N) is 1. The van der Waals surface area contributed by atoms with Gasteiger partial charge in [-0.1, -0.05) is 0 Å². The van der Waals surface area contributed by atoms with Crippen LogP contribution in [0.2, 0.25) is 0 Å². The topological polar surface area (TPSA) is 86.5 Å². The number of halogens is 4. The van der Waals surface area contributed by atoms with Gasteiger partial charge < -0.3 is 20.5 Å². The molecular formula is C20H15F4N3O3. The third-order valence-electron chi connectivity index (χ3n) is 3.79. The molecule has 0 radical (unpaired) electrons. The van der Waals surface area contributed by atoms with E-state index in [0.29, 0.717) is 11.4 Å². The Kier molecular flexibility index (Phi) is 5.77. The number of benzene rings is 2. The number of nitrogens with two attached hydrogens (primary N) is 1. The number of pyridine rings is 1. The average molecular weight is 421 g/mol. The molecule has 0 atom stereocenters. The molecular weight excluding hydrogens is 406 g/mol. The van der Waals surface area contributed by atoms with E-state index in [1.807, 2.05) is 0 Å². The molecule has 30 heavy (non-hydrogen) atoms. The number of alkyl halides is 3. The molecule has 2 aromatic carbocycles. The minimum Gasteiger partial charge on any atom is -0.457 e. The van der Waals surface area contributed by atoms with Crippen LogP contribution < -0.4 is 20.5 Å². The van der Waals surface area contributed by atoms with Crippen molar-refractivity contribution in [1.82, 2.24) is 4.98 Å². The summed E-state index contributed by atoms with van der Waals surface area (Å²) in [7, 11) is 0. The first-order valence-corrected chi connectivity index (χ1v) is 8.48. The van der Waals surface area contributed by atoms with Crippen molar-refractivity contribution in [3.8, 4) is 17.2 Å². The smallest absolute Gasteiger partial charge is 0.457 e. The lowest BCUT2D eigenvalue weighted by molar-refractivity contribution is -0.275. The fourth-order valence-corrected chi connectivity index (χ4v) is 2.46. The van der Waals surface area contributed by atoms with Gasteiger partial charge in [-0.05, 0) is 55.5 Å². The van der Waals surface area contributed by atoms with Crippen LogP contribution in [0.4, 0.5) is 29.1 Å². The number of amides is 1. The molecule has 3 rings (SSSR count). The minimum absolute atomic E-state index is 0.0303. The molecule has 0 bridgehead atoms. The van der Waals surface area contributed by atoms with Gasteiger partial charge in [-0.15, -0.1) is 13.2 Å². The van der Waals surface area contributed by atoms with Crippen LogP contribution in [-0.4, -0.2) is 17.3 Å². The fraction of sp³-hybridized carbons (Fsp3) is 0.100. The van der Waals surface area contributed by atoms with Gasteiger partial charge in [0.2, 0.25) is 0 Å². The predicted octanol–water partition coefficient (Wildman–Crippen LogP) is 5.05. The lowest BCUT2D eigenvalue weighted by Gasteiger charge is -2.12. The largest absolute Gasteiger partial charge is 0.573 e. The highest BCUT2D eigenvalue weighted by molar-refractivity contribution is 6.07. The Morgan fingerprint density at radius 1 is 1.03 bits per heavy atom. The number of anilines is 2. The van der Waals surface area contributed by atoms with Crippen molar-refractivity contribution >= 4 is 17.4 Å². The third kappa shape index (κ3) is 5.37. The highest BCUT2D eigenvalue weighted by Crippen LogP contribution is 2.30. The Hall–Kier alpha value is -3.82. The molecule has 0 aliphatic carbocycles. The summed E-state index contributed by atoms with van der Waals surface area (Å²) >= 11 is 0. The van der Waals surface area contributed by atoms with Crippen molar-refractivity contribution in [3.63, 3.8) is 0 Å². The van der Waals surface area contributed by atoms with Gasteiger partial charge >= 0.3 is 6.36 Å². The van der Waals surface area contributed by atoms with Gasteiger partial charge in [0.15, 0.2) is 11.6 Å². The zero-order valence-corrected chi connectivity index (χ0v) is 15.5. The van der Waals surface area contributed by atoms with Crippen molar-refractivity contribution in [2.75, 3.05) is 11.1 Å². The molecule has 0 saturated carbocycles. The molecule has 0 saturated heterocycles. The number of hydrogen-bond donors (Lipinski definition) is 2. The highest BCUT2D eigenvalue weighted by atomic mass is 19.4. The lowest BCUT2D eigenvalue weighted by atomic mass is 10.2. The maximum absolute atomic E-state index is 13.7. The summed E-state index contributed by atoms with van der Waals surface area (Å²) in [6.45, 7) is 1.75. The summed E-state index contributed by atoms with van der Waals surface area (Å²) in [5.74, 6) is -2.29. The highest BCUT2D eigenvalue weighted by Gasteiger charge is 2.32. The van der Waals surface area contributed by atoms with Crippen molar-refractivity contribution in [3.05, 3.63) is 71.7 Å². The molecule has 6 nitrogen and oxygen atoms in total. The van der Waals surface area contributed by atoms with E-state index in [9.17, 15) is 22.4 Å². The van der Waals surface area contributed by atoms with Crippen LogP contribution in [0.1, 0.15) is 16.1 Å². The number of carbonyl (C=O) groups excluding carboxylic acids is 1. The third-order valence-corrected chi connectivity index (χ3v) is 3.79. The van der Waals surface area contributed by atoms with Crippen LogP contribution in [0, 0.1) is 12.7 Å². The first kappa shape index (κ1) is 20.9. The Labute approximate surface area is 168 Å². The molecule has 156 valence electrons. The van der Waals surface area contributed by atoms with Crippen LogP contribution in [0.3, 0.4) is 0 Å². The van der Waals surface area contributed by atoms with E-state index < -0.39 is 23.8 Å². The number of hydrogen-bond acceptors (Lipinski definition) is 5. The summed E-state index contributed by atoms with van der Waals surface area (Å²) in [6.07, 6.45) is -5.00. The quantitative estimate of drug-likeness (QED) is 0.563. The normalized spacial score (nSPS) is 11.1. The first-order valence-electron chi connectivity index (χ1n) is 8.48. The van der Waals surface area contributed by atoms with Crippen LogP contribution in [0.15, 0.2) is 54.6 Å². The summed E-state index contributed by atoms with van der Waals surface area (Å²) < 4.78 is 59.3. The molecule has 10 heteroatoms. The number of nitrogen functional groups attached to an aromatic ring is 1. The number of aromatic nitrogens is 1. The van der Waals surface area contributed by atoms with Gasteiger partial charge in [0.05, 0.1) is 5.56 Å². The second-order valence-electron chi connectivity index (χ2n) is 6.11. The first-order chi connectivity index (χ1) is 14.1. The molecule has 1 amide bonds. The number of carbonyl (C=O) groups is 1. The molecule has 0 aliphatic heterocycles. The Morgan fingerprint density at radius 3 is 2.30 bits per heavy atom. The van der Waals surface area contributed by atoms with Crippen LogP contribution in [0.5, 0.6) is 17.2 Å². The van der Waals surface area contributed by atoms with Crippen molar-refractivity contribution < 1.29 is 31.8 Å². The van der Waals surface area contributed by atoms with Gasteiger partial charge in [0.1, 0.15) is 17.3 Å². The number of nitrogens with zero attached hydrogens (tertiary/aromatic N) is 1. The van der Waals surface area contributed by atoms with Gasteiger partial charge in [-0.2, -0.15) is 0 Å². The fourth-order valence-electron chi connectivity index (χ4n) is 2.46. The van der Waals surface area contributed by atoms with Crippen molar-refractivity contribution in [2.45, 2.75) is 13.3 Å².